The Balaban J connectivity index is 3.03. The van der Waals surface area contributed by atoms with Crippen molar-refractivity contribution in [2.75, 3.05) is 20.8 Å². The number of hydrogen-bond donors (Lipinski definition) is 0. The quantitative estimate of drug-likeness (QED) is 0.690. The van der Waals surface area contributed by atoms with Gasteiger partial charge in [0.1, 0.15) is 6.61 Å². The summed E-state index contributed by atoms with van der Waals surface area (Å²) >= 11 is 0. The number of halogens is 1. The maximum atomic E-state index is 13.4. The minimum absolute atomic E-state index is 0.00815. The van der Waals surface area contributed by atoms with Gasteiger partial charge in [-0.05, 0) is 12.1 Å². The number of methoxy groups -OCH3 is 2. The molecule has 0 saturated carbocycles. The van der Waals surface area contributed by atoms with Gasteiger partial charge in [0.25, 0.3) is 0 Å². The van der Waals surface area contributed by atoms with Crippen LogP contribution in [0, 0.1) is 5.82 Å². The largest absolute Gasteiger partial charge is 0.494 e. The lowest BCUT2D eigenvalue weighted by Gasteiger charge is -2.05. The van der Waals surface area contributed by atoms with Crippen molar-refractivity contribution in [2.24, 2.45) is 0 Å². The van der Waals surface area contributed by atoms with Crippen molar-refractivity contribution in [1.82, 2.24) is 0 Å². The van der Waals surface area contributed by atoms with Gasteiger partial charge in [-0.25, -0.2) is 4.39 Å². The second kappa shape index (κ2) is 4.72. The predicted octanol–water partition coefficient (Wildman–Crippen LogP) is 1.66. The Morgan fingerprint density at radius 3 is 2.71 bits per heavy atom. The van der Waals surface area contributed by atoms with Crippen LogP contribution < -0.4 is 4.74 Å². The van der Waals surface area contributed by atoms with Crippen LogP contribution in [0.3, 0.4) is 0 Å². The molecule has 1 aromatic carbocycles. The first kappa shape index (κ1) is 10.7. The average Bonchev–Trinajstić information content (AvgIpc) is 2.18. The highest BCUT2D eigenvalue weighted by atomic mass is 19.1. The minimum Gasteiger partial charge on any atom is -0.494 e. The number of hydrogen-bond acceptors (Lipinski definition) is 3. The van der Waals surface area contributed by atoms with E-state index in [0.29, 0.717) is 0 Å². The molecule has 0 fully saturated rings. The summed E-state index contributed by atoms with van der Waals surface area (Å²) in [5.41, 5.74) is -0.00815. The summed E-state index contributed by atoms with van der Waals surface area (Å²) in [4.78, 5) is 11.3. The molecule has 0 N–H and O–H groups in total. The molecule has 0 radical (unpaired) electrons. The van der Waals surface area contributed by atoms with Crippen molar-refractivity contribution in [3.05, 3.63) is 29.6 Å². The maximum Gasteiger partial charge on any atom is 0.191 e. The van der Waals surface area contributed by atoms with Crippen LogP contribution in [0.15, 0.2) is 18.2 Å². The third kappa shape index (κ3) is 2.09. The van der Waals surface area contributed by atoms with Gasteiger partial charge in [0.05, 0.1) is 12.7 Å². The standard InChI is InChI=1S/C10H11FO3/c1-13-6-8(12)7-4-3-5-9(14-2)10(7)11/h3-5H,6H2,1-2H3. The molecular weight excluding hydrogens is 187 g/mol. The summed E-state index contributed by atoms with van der Waals surface area (Å²) < 4.78 is 22.8. The van der Waals surface area contributed by atoms with E-state index < -0.39 is 11.6 Å². The molecule has 0 amide bonds. The van der Waals surface area contributed by atoms with Gasteiger partial charge in [-0.3, -0.25) is 4.79 Å². The first-order valence-electron chi connectivity index (χ1n) is 4.05. The summed E-state index contributed by atoms with van der Waals surface area (Å²) in [5.74, 6) is -0.979. The maximum absolute atomic E-state index is 13.4. The van der Waals surface area contributed by atoms with Crippen LogP contribution in [0.4, 0.5) is 4.39 Å². The van der Waals surface area contributed by atoms with Gasteiger partial charge >= 0.3 is 0 Å². The summed E-state index contributed by atoms with van der Waals surface area (Å²) in [6.45, 7) is -0.135. The van der Waals surface area contributed by atoms with Gasteiger partial charge in [-0.15, -0.1) is 0 Å². The molecule has 1 aromatic rings. The highest BCUT2D eigenvalue weighted by Crippen LogP contribution is 2.20. The number of Topliss-reactive ketones (excluding diaryl/α,β-unsaturated/α-hetero) is 1. The molecule has 3 nitrogen and oxygen atoms in total. The topological polar surface area (TPSA) is 35.5 Å². The van der Waals surface area contributed by atoms with E-state index in [2.05, 4.69) is 4.74 Å². The lowest BCUT2D eigenvalue weighted by Crippen LogP contribution is -2.09. The smallest absolute Gasteiger partial charge is 0.191 e. The second-order valence-electron chi connectivity index (χ2n) is 2.68. The zero-order valence-electron chi connectivity index (χ0n) is 8.04. The summed E-state index contributed by atoms with van der Waals surface area (Å²) in [7, 11) is 2.74. The van der Waals surface area contributed by atoms with E-state index in [1.807, 2.05) is 0 Å². The molecule has 0 saturated heterocycles. The highest BCUT2D eigenvalue weighted by Gasteiger charge is 2.14. The van der Waals surface area contributed by atoms with Crippen molar-refractivity contribution in [3.8, 4) is 5.75 Å². The van der Waals surface area contributed by atoms with Crippen LogP contribution in [0.25, 0.3) is 0 Å². The predicted molar refractivity (Wildman–Crippen MR) is 49.2 cm³/mol. The average molecular weight is 198 g/mol. The molecule has 14 heavy (non-hydrogen) atoms. The molecule has 0 aliphatic rings. The first-order valence-corrected chi connectivity index (χ1v) is 4.05. The molecular formula is C10H11FO3. The Hall–Kier alpha value is -1.42. The molecule has 0 aliphatic carbocycles. The van der Waals surface area contributed by atoms with Crippen molar-refractivity contribution in [2.45, 2.75) is 0 Å². The van der Waals surface area contributed by atoms with E-state index in [1.54, 1.807) is 6.07 Å². The van der Waals surface area contributed by atoms with E-state index >= 15 is 0 Å². The van der Waals surface area contributed by atoms with Crippen LogP contribution in [0.1, 0.15) is 10.4 Å². The molecule has 1 rings (SSSR count). The summed E-state index contributed by atoms with van der Waals surface area (Å²) in [5, 5.41) is 0. The second-order valence-corrected chi connectivity index (χ2v) is 2.68. The number of carbonyl (C=O) groups is 1. The lowest BCUT2D eigenvalue weighted by molar-refractivity contribution is 0.0843. The van der Waals surface area contributed by atoms with Crippen LogP contribution in [0.5, 0.6) is 5.75 Å². The van der Waals surface area contributed by atoms with Gasteiger partial charge in [0, 0.05) is 7.11 Å². The number of rotatable bonds is 4. The van der Waals surface area contributed by atoms with Crippen molar-refractivity contribution >= 4 is 5.78 Å². The number of ketones is 1. The molecule has 0 unspecified atom stereocenters. The van der Waals surface area contributed by atoms with Gasteiger partial charge in [0.2, 0.25) is 0 Å². The summed E-state index contributed by atoms with van der Waals surface area (Å²) in [6, 6.07) is 4.42. The zero-order chi connectivity index (χ0) is 10.6. The zero-order valence-corrected chi connectivity index (χ0v) is 8.04. The Kier molecular flexibility index (Phi) is 3.59. The molecule has 0 bridgehead atoms. The fourth-order valence-corrected chi connectivity index (χ4v) is 1.09. The Bertz CT molecular complexity index is 336. The fourth-order valence-electron chi connectivity index (χ4n) is 1.09. The van der Waals surface area contributed by atoms with Gasteiger partial charge < -0.3 is 9.47 Å². The summed E-state index contributed by atoms with van der Waals surface area (Å²) in [6.07, 6.45) is 0. The molecule has 0 aliphatic heterocycles. The molecule has 76 valence electrons. The first-order chi connectivity index (χ1) is 6.70. The van der Waals surface area contributed by atoms with E-state index in [4.69, 9.17) is 4.74 Å². The minimum atomic E-state index is -0.642. The molecule has 0 heterocycles. The van der Waals surface area contributed by atoms with Crippen LogP contribution in [0.2, 0.25) is 0 Å². The van der Waals surface area contributed by atoms with Crippen LogP contribution >= 0.6 is 0 Å². The number of benzene rings is 1. The van der Waals surface area contributed by atoms with Crippen molar-refractivity contribution < 1.29 is 18.7 Å². The molecule has 0 aromatic heterocycles. The third-order valence-electron chi connectivity index (χ3n) is 1.76. The lowest BCUT2D eigenvalue weighted by atomic mass is 10.1. The number of ether oxygens (including phenoxy) is 2. The van der Waals surface area contributed by atoms with E-state index in [9.17, 15) is 9.18 Å². The third-order valence-corrected chi connectivity index (χ3v) is 1.76. The van der Waals surface area contributed by atoms with E-state index in [-0.39, 0.29) is 17.9 Å². The molecule has 0 spiro atoms. The Morgan fingerprint density at radius 2 is 2.14 bits per heavy atom. The van der Waals surface area contributed by atoms with Crippen molar-refractivity contribution in [1.29, 1.82) is 0 Å². The highest BCUT2D eigenvalue weighted by molar-refractivity contribution is 5.97. The van der Waals surface area contributed by atoms with Gasteiger partial charge in [-0.1, -0.05) is 6.07 Å². The van der Waals surface area contributed by atoms with Gasteiger partial charge in [0.15, 0.2) is 17.3 Å². The number of carbonyl (C=O) groups excluding carboxylic acids is 1. The van der Waals surface area contributed by atoms with E-state index in [1.165, 1.54) is 26.4 Å². The van der Waals surface area contributed by atoms with Gasteiger partial charge in [-0.2, -0.15) is 0 Å². The molecule has 4 heteroatoms. The van der Waals surface area contributed by atoms with Crippen molar-refractivity contribution in [3.63, 3.8) is 0 Å². The van der Waals surface area contributed by atoms with Crippen LogP contribution in [-0.4, -0.2) is 26.6 Å². The Morgan fingerprint density at radius 1 is 1.43 bits per heavy atom. The fraction of sp³-hybridized carbons (Fsp3) is 0.300. The van der Waals surface area contributed by atoms with E-state index in [0.717, 1.165) is 0 Å². The Labute approximate surface area is 81.4 Å². The monoisotopic (exact) mass is 198 g/mol. The van der Waals surface area contributed by atoms with Crippen LogP contribution in [-0.2, 0) is 4.74 Å². The SMILES string of the molecule is COCC(=O)c1cccc(OC)c1F. The molecule has 0 atom stereocenters. The normalized spacial score (nSPS) is 9.93.